The van der Waals surface area contributed by atoms with E-state index in [-0.39, 0.29) is 11.8 Å². The molecule has 0 saturated carbocycles. The molecule has 0 radical (unpaired) electrons. The number of hydrogen-bond acceptors (Lipinski definition) is 3. The van der Waals surface area contributed by atoms with Crippen molar-refractivity contribution in [2.75, 3.05) is 27.2 Å². The molecule has 282 valence electrons. The van der Waals surface area contributed by atoms with Crippen molar-refractivity contribution in [2.45, 2.75) is 206 Å². The fourth-order valence-corrected chi connectivity index (χ4v) is 6.17. The first-order valence-corrected chi connectivity index (χ1v) is 20.7. The number of nitrogens with one attached hydrogen (secondary N) is 4. The van der Waals surface area contributed by atoms with Crippen LogP contribution in [0.25, 0.3) is 0 Å². The lowest BCUT2D eigenvalue weighted by atomic mass is 10.0. The number of allylic oxidation sites excluding steroid dienone is 2. The topological polar surface area (TPSA) is 97.3 Å². The minimum Gasteiger partial charge on any atom is -0.359 e. The fourth-order valence-electron chi connectivity index (χ4n) is 6.17. The van der Waals surface area contributed by atoms with Crippen LogP contribution in [0.1, 0.15) is 200 Å². The van der Waals surface area contributed by atoms with Crippen LogP contribution in [-0.2, 0) is 9.59 Å². The summed E-state index contributed by atoms with van der Waals surface area (Å²) in [6.07, 6.45) is 40.0. The minimum atomic E-state index is -0.570. The molecule has 2 amide bonds. The van der Waals surface area contributed by atoms with Crippen LogP contribution in [0.2, 0.25) is 0 Å². The molecule has 0 bridgehead atoms. The molecule has 0 aliphatic heterocycles. The molecule has 48 heavy (non-hydrogen) atoms. The van der Waals surface area contributed by atoms with E-state index in [4.69, 9.17) is 5.41 Å². The fraction of sp³-hybridized carbons (Fsp3) is 0.878. The van der Waals surface area contributed by atoms with E-state index in [2.05, 4.69) is 41.9 Å². The summed E-state index contributed by atoms with van der Waals surface area (Å²) in [4.78, 5) is 27.6. The van der Waals surface area contributed by atoms with Gasteiger partial charge in [0.25, 0.3) is 0 Å². The first-order chi connectivity index (χ1) is 23.5. The minimum absolute atomic E-state index is 0.0457. The van der Waals surface area contributed by atoms with Gasteiger partial charge in [0.1, 0.15) is 6.04 Å². The Kier molecular flexibility index (Phi) is 34.7. The number of nitrogens with zero attached hydrogens (tertiary/aromatic N) is 1. The molecule has 0 spiro atoms. The molecule has 7 heteroatoms. The van der Waals surface area contributed by atoms with Crippen LogP contribution in [0.4, 0.5) is 0 Å². The van der Waals surface area contributed by atoms with Crippen LogP contribution < -0.4 is 16.0 Å². The Morgan fingerprint density at radius 3 is 1.50 bits per heavy atom. The number of hydrogen-bond donors (Lipinski definition) is 4. The van der Waals surface area contributed by atoms with E-state index in [1.165, 1.54) is 135 Å². The first kappa shape index (κ1) is 46.0. The van der Waals surface area contributed by atoms with E-state index in [9.17, 15) is 9.59 Å². The average molecular weight is 676 g/mol. The lowest BCUT2D eigenvalue weighted by Crippen LogP contribution is -2.49. The maximum atomic E-state index is 13.1. The molecule has 0 aliphatic carbocycles. The molecule has 0 aromatic carbocycles. The zero-order valence-corrected chi connectivity index (χ0v) is 32.4. The molecule has 1 unspecified atom stereocenters. The third kappa shape index (κ3) is 31.2. The Morgan fingerprint density at radius 1 is 0.625 bits per heavy atom. The van der Waals surface area contributed by atoms with Gasteiger partial charge in [0, 0.05) is 33.6 Å². The molecule has 0 fully saturated rings. The predicted molar refractivity (Wildman–Crippen MR) is 209 cm³/mol. The Labute approximate surface area is 298 Å². The Hall–Kier alpha value is -2.05. The summed E-state index contributed by atoms with van der Waals surface area (Å²) in [5.74, 6) is 0.152. The van der Waals surface area contributed by atoms with Crippen molar-refractivity contribution in [3.63, 3.8) is 0 Å². The van der Waals surface area contributed by atoms with Gasteiger partial charge in [-0.25, -0.2) is 0 Å². The van der Waals surface area contributed by atoms with Crippen LogP contribution in [0, 0.1) is 5.41 Å². The van der Waals surface area contributed by atoms with Gasteiger partial charge in [-0.15, -0.1) is 0 Å². The highest BCUT2D eigenvalue weighted by Crippen LogP contribution is 2.13. The monoisotopic (exact) mass is 676 g/mol. The van der Waals surface area contributed by atoms with Crippen LogP contribution in [0.5, 0.6) is 0 Å². The van der Waals surface area contributed by atoms with Crippen LogP contribution in [-0.4, -0.2) is 55.9 Å². The van der Waals surface area contributed by atoms with Gasteiger partial charge >= 0.3 is 0 Å². The van der Waals surface area contributed by atoms with Crippen molar-refractivity contribution < 1.29 is 9.59 Å². The van der Waals surface area contributed by atoms with Gasteiger partial charge in [0.15, 0.2) is 5.96 Å². The molecule has 0 aromatic rings. The van der Waals surface area contributed by atoms with Crippen LogP contribution >= 0.6 is 0 Å². The highest BCUT2D eigenvalue weighted by molar-refractivity contribution is 5.87. The van der Waals surface area contributed by atoms with Gasteiger partial charge in [0.2, 0.25) is 11.8 Å². The molecular weight excluding hydrogens is 594 g/mol. The van der Waals surface area contributed by atoms with E-state index in [0.717, 1.165) is 38.5 Å². The number of guanidine groups is 1. The standard InChI is InChI=1S/C41H81N5O2/c1-5-7-9-11-13-15-17-19-21-22-24-26-28-30-32-34-39(47)45-38(35-37-46(4)41(42)43-3)40(48)44-36-33-31-29-27-25-23-20-18-16-14-12-10-8-6-2/h19,21,38H,5-18,20,22-37H2,1-4H3,(H2,42,43)(H,44,48)(H,45,47)/b21-19+. The van der Waals surface area contributed by atoms with Crippen LogP contribution in [0.15, 0.2) is 12.2 Å². The summed E-state index contributed by atoms with van der Waals surface area (Å²) in [6.45, 7) is 5.71. The molecule has 1 atom stereocenters. The lowest BCUT2D eigenvalue weighted by Gasteiger charge is -2.23. The summed E-state index contributed by atoms with van der Waals surface area (Å²) in [5, 5.41) is 16.9. The zero-order chi connectivity index (χ0) is 35.3. The third-order valence-electron chi connectivity index (χ3n) is 9.52. The quantitative estimate of drug-likeness (QED) is 0.0233. The maximum Gasteiger partial charge on any atom is 0.242 e. The molecule has 0 saturated heterocycles. The normalized spacial score (nSPS) is 11.9. The van der Waals surface area contributed by atoms with E-state index < -0.39 is 6.04 Å². The second kappa shape index (κ2) is 36.2. The number of carbonyl (C=O) groups excluding carboxylic acids is 2. The number of rotatable bonds is 35. The molecule has 0 heterocycles. The first-order valence-electron chi connectivity index (χ1n) is 20.7. The average Bonchev–Trinajstić information content (AvgIpc) is 3.09. The molecule has 0 aromatic heterocycles. The van der Waals surface area contributed by atoms with Crippen molar-refractivity contribution in [3.05, 3.63) is 12.2 Å². The Bertz CT molecular complexity index is 772. The molecule has 0 aliphatic rings. The van der Waals surface area contributed by atoms with Gasteiger partial charge in [-0.05, 0) is 44.9 Å². The van der Waals surface area contributed by atoms with Gasteiger partial charge in [-0.2, -0.15) is 0 Å². The van der Waals surface area contributed by atoms with Crippen molar-refractivity contribution in [1.82, 2.24) is 20.9 Å². The van der Waals surface area contributed by atoms with Crippen LogP contribution in [0.3, 0.4) is 0 Å². The van der Waals surface area contributed by atoms with Crippen molar-refractivity contribution in [2.24, 2.45) is 0 Å². The summed E-state index contributed by atoms with van der Waals surface area (Å²) in [5.41, 5.74) is 0. The van der Waals surface area contributed by atoms with Gasteiger partial charge in [-0.3, -0.25) is 15.0 Å². The largest absolute Gasteiger partial charge is 0.359 e. The van der Waals surface area contributed by atoms with E-state index in [1.54, 1.807) is 11.9 Å². The predicted octanol–water partition coefficient (Wildman–Crippen LogP) is 10.6. The van der Waals surface area contributed by atoms with E-state index >= 15 is 0 Å². The second-order valence-corrected chi connectivity index (χ2v) is 14.2. The molecule has 4 N–H and O–H groups in total. The third-order valence-corrected chi connectivity index (χ3v) is 9.52. The van der Waals surface area contributed by atoms with Crippen molar-refractivity contribution in [3.8, 4) is 0 Å². The number of carbonyl (C=O) groups is 2. The SMILES string of the molecule is CCCCCCCC/C=C/CCCCCCCC(=O)NC(CCN(C)C(=N)NC)C(=O)NCCCCCCCCCCCCCCCC. The summed E-state index contributed by atoms with van der Waals surface area (Å²) in [6, 6.07) is -0.570. The van der Waals surface area contributed by atoms with Gasteiger partial charge < -0.3 is 20.9 Å². The summed E-state index contributed by atoms with van der Waals surface area (Å²) >= 11 is 0. The molecule has 7 nitrogen and oxygen atoms in total. The Morgan fingerprint density at radius 2 is 1.04 bits per heavy atom. The zero-order valence-electron chi connectivity index (χ0n) is 32.4. The van der Waals surface area contributed by atoms with Crippen molar-refractivity contribution >= 4 is 17.8 Å². The Balaban J connectivity index is 4.12. The smallest absolute Gasteiger partial charge is 0.242 e. The maximum absolute atomic E-state index is 13.1. The second-order valence-electron chi connectivity index (χ2n) is 14.2. The highest BCUT2D eigenvalue weighted by atomic mass is 16.2. The number of amides is 2. The van der Waals surface area contributed by atoms with E-state index in [0.29, 0.717) is 31.9 Å². The highest BCUT2D eigenvalue weighted by Gasteiger charge is 2.21. The summed E-state index contributed by atoms with van der Waals surface area (Å²) in [7, 11) is 3.55. The van der Waals surface area contributed by atoms with Gasteiger partial charge in [0.05, 0.1) is 0 Å². The molecular formula is C41H81N5O2. The van der Waals surface area contributed by atoms with Gasteiger partial charge in [-0.1, -0.05) is 161 Å². The summed E-state index contributed by atoms with van der Waals surface area (Å²) < 4.78 is 0. The molecule has 0 rings (SSSR count). The van der Waals surface area contributed by atoms with E-state index in [1.807, 2.05) is 7.05 Å². The van der Waals surface area contributed by atoms with Crippen molar-refractivity contribution in [1.29, 1.82) is 5.41 Å². The lowest BCUT2D eigenvalue weighted by molar-refractivity contribution is -0.129. The number of unbranched alkanes of at least 4 members (excludes halogenated alkanes) is 24.